The SMILES string of the molecule is Cc1nc(CN)cn1Cc1ccc(Cl)c(Cl)c1. The number of aryl methyl sites for hydroxylation is 1. The van der Waals surface area contributed by atoms with Crippen LogP contribution in [0, 0.1) is 6.92 Å². The van der Waals surface area contributed by atoms with Gasteiger partial charge in [-0.15, -0.1) is 0 Å². The van der Waals surface area contributed by atoms with Crippen LogP contribution in [0.1, 0.15) is 17.1 Å². The number of benzene rings is 1. The minimum absolute atomic E-state index is 0.454. The molecule has 0 atom stereocenters. The second kappa shape index (κ2) is 5.08. The van der Waals surface area contributed by atoms with Crippen molar-refractivity contribution >= 4 is 23.2 Å². The zero-order valence-electron chi connectivity index (χ0n) is 9.45. The van der Waals surface area contributed by atoms with E-state index in [0.29, 0.717) is 16.6 Å². The molecule has 0 fully saturated rings. The van der Waals surface area contributed by atoms with Gasteiger partial charge in [0.2, 0.25) is 0 Å². The van der Waals surface area contributed by atoms with E-state index in [1.165, 1.54) is 0 Å². The Kier molecular flexibility index (Phi) is 3.72. The number of rotatable bonds is 3. The van der Waals surface area contributed by atoms with Crippen LogP contribution in [0.5, 0.6) is 0 Å². The number of nitrogens with zero attached hydrogens (tertiary/aromatic N) is 2. The highest BCUT2D eigenvalue weighted by Gasteiger charge is 2.05. The van der Waals surface area contributed by atoms with Gasteiger partial charge < -0.3 is 10.3 Å². The summed E-state index contributed by atoms with van der Waals surface area (Å²) in [5.74, 6) is 0.941. The number of hydrogen-bond acceptors (Lipinski definition) is 2. The Labute approximate surface area is 110 Å². The standard InChI is InChI=1S/C12H13Cl2N3/c1-8-16-10(5-15)7-17(8)6-9-2-3-11(13)12(14)4-9/h2-4,7H,5-6,15H2,1H3. The van der Waals surface area contributed by atoms with Crippen molar-refractivity contribution in [1.29, 1.82) is 0 Å². The van der Waals surface area contributed by atoms with Gasteiger partial charge >= 0.3 is 0 Å². The van der Waals surface area contributed by atoms with Crippen molar-refractivity contribution in [2.75, 3.05) is 0 Å². The Morgan fingerprint density at radius 3 is 2.65 bits per heavy atom. The van der Waals surface area contributed by atoms with E-state index in [1.807, 2.05) is 29.8 Å². The van der Waals surface area contributed by atoms with Gasteiger partial charge in [-0.05, 0) is 24.6 Å². The Balaban J connectivity index is 2.24. The van der Waals surface area contributed by atoms with Crippen molar-refractivity contribution in [3.63, 3.8) is 0 Å². The molecular formula is C12H13Cl2N3. The summed E-state index contributed by atoms with van der Waals surface area (Å²) in [4.78, 5) is 4.34. The van der Waals surface area contributed by atoms with Gasteiger partial charge in [0.1, 0.15) is 5.82 Å². The lowest BCUT2D eigenvalue weighted by atomic mass is 10.2. The summed E-state index contributed by atoms with van der Waals surface area (Å²) in [6.45, 7) is 3.13. The molecule has 0 aliphatic heterocycles. The predicted octanol–water partition coefficient (Wildman–Crippen LogP) is 3.01. The van der Waals surface area contributed by atoms with Crippen LogP contribution in [0.25, 0.3) is 0 Å². The summed E-state index contributed by atoms with van der Waals surface area (Å²) in [5.41, 5.74) is 7.53. The molecule has 1 heterocycles. The molecular weight excluding hydrogens is 257 g/mol. The summed E-state index contributed by atoms with van der Waals surface area (Å²) >= 11 is 11.8. The van der Waals surface area contributed by atoms with Gasteiger partial charge in [-0.1, -0.05) is 29.3 Å². The molecule has 1 aromatic carbocycles. The molecule has 90 valence electrons. The summed E-state index contributed by atoms with van der Waals surface area (Å²) in [6, 6.07) is 5.62. The quantitative estimate of drug-likeness (QED) is 0.931. The van der Waals surface area contributed by atoms with Crippen molar-refractivity contribution < 1.29 is 0 Å². The molecule has 2 rings (SSSR count). The summed E-state index contributed by atoms with van der Waals surface area (Å²) < 4.78 is 2.04. The number of hydrogen-bond donors (Lipinski definition) is 1. The first kappa shape index (κ1) is 12.4. The average Bonchev–Trinajstić information content (AvgIpc) is 2.65. The molecule has 1 aromatic heterocycles. The van der Waals surface area contributed by atoms with Crippen molar-refractivity contribution in [1.82, 2.24) is 9.55 Å². The fourth-order valence-electron chi connectivity index (χ4n) is 1.67. The van der Waals surface area contributed by atoms with E-state index in [9.17, 15) is 0 Å². The van der Waals surface area contributed by atoms with Crippen LogP contribution in [0.3, 0.4) is 0 Å². The Bertz CT molecular complexity index is 535. The molecule has 0 saturated carbocycles. The summed E-state index contributed by atoms with van der Waals surface area (Å²) in [6.07, 6.45) is 1.96. The van der Waals surface area contributed by atoms with E-state index in [-0.39, 0.29) is 0 Å². The van der Waals surface area contributed by atoms with E-state index < -0.39 is 0 Å². The van der Waals surface area contributed by atoms with Crippen molar-refractivity contribution in [2.45, 2.75) is 20.0 Å². The molecule has 0 unspecified atom stereocenters. The Morgan fingerprint density at radius 1 is 1.29 bits per heavy atom. The molecule has 2 aromatic rings. The highest BCUT2D eigenvalue weighted by molar-refractivity contribution is 6.42. The van der Waals surface area contributed by atoms with Gasteiger partial charge in [0.15, 0.2) is 0 Å². The molecule has 0 spiro atoms. The van der Waals surface area contributed by atoms with Crippen molar-refractivity contribution in [2.24, 2.45) is 5.73 Å². The van der Waals surface area contributed by atoms with Gasteiger partial charge in [-0.3, -0.25) is 0 Å². The molecule has 17 heavy (non-hydrogen) atoms. The topological polar surface area (TPSA) is 43.8 Å². The van der Waals surface area contributed by atoms with Crippen LogP contribution in [-0.2, 0) is 13.1 Å². The molecule has 3 nitrogen and oxygen atoms in total. The monoisotopic (exact) mass is 269 g/mol. The molecule has 5 heteroatoms. The highest BCUT2D eigenvalue weighted by Crippen LogP contribution is 2.23. The van der Waals surface area contributed by atoms with Crippen LogP contribution in [0.15, 0.2) is 24.4 Å². The maximum Gasteiger partial charge on any atom is 0.106 e. The van der Waals surface area contributed by atoms with Crippen LogP contribution in [0.4, 0.5) is 0 Å². The molecule has 0 aliphatic rings. The average molecular weight is 270 g/mol. The Morgan fingerprint density at radius 2 is 2.06 bits per heavy atom. The minimum Gasteiger partial charge on any atom is -0.330 e. The number of imidazole rings is 1. The van der Waals surface area contributed by atoms with Crippen LogP contribution >= 0.6 is 23.2 Å². The zero-order chi connectivity index (χ0) is 12.4. The molecule has 0 aliphatic carbocycles. The van der Waals surface area contributed by atoms with Crippen LogP contribution in [-0.4, -0.2) is 9.55 Å². The molecule has 2 N–H and O–H groups in total. The van der Waals surface area contributed by atoms with E-state index >= 15 is 0 Å². The lowest BCUT2D eigenvalue weighted by Crippen LogP contribution is -2.00. The van der Waals surface area contributed by atoms with E-state index in [0.717, 1.165) is 23.6 Å². The van der Waals surface area contributed by atoms with Crippen molar-refractivity contribution in [3.8, 4) is 0 Å². The fraction of sp³-hybridized carbons (Fsp3) is 0.250. The summed E-state index contributed by atoms with van der Waals surface area (Å²) in [5, 5.41) is 1.14. The molecule has 0 bridgehead atoms. The smallest absolute Gasteiger partial charge is 0.106 e. The maximum atomic E-state index is 5.98. The normalized spacial score (nSPS) is 10.8. The van der Waals surface area contributed by atoms with Gasteiger partial charge in [-0.25, -0.2) is 4.98 Å². The van der Waals surface area contributed by atoms with E-state index in [4.69, 9.17) is 28.9 Å². The van der Waals surface area contributed by atoms with Gasteiger partial charge in [-0.2, -0.15) is 0 Å². The number of aromatic nitrogens is 2. The van der Waals surface area contributed by atoms with Crippen LogP contribution in [0.2, 0.25) is 10.0 Å². The fourth-order valence-corrected chi connectivity index (χ4v) is 1.99. The third kappa shape index (κ3) is 2.80. The highest BCUT2D eigenvalue weighted by atomic mass is 35.5. The number of halogens is 2. The minimum atomic E-state index is 0.454. The van der Waals surface area contributed by atoms with Crippen LogP contribution < -0.4 is 5.73 Å². The zero-order valence-corrected chi connectivity index (χ0v) is 11.0. The first-order valence-electron chi connectivity index (χ1n) is 5.27. The van der Waals surface area contributed by atoms with E-state index in [1.54, 1.807) is 6.07 Å². The van der Waals surface area contributed by atoms with E-state index in [2.05, 4.69) is 4.98 Å². The molecule has 0 saturated heterocycles. The molecule has 0 amide bonds. The lowest BCUT2D eigenvalue weighted by Gasteiger charge is -2.06. The van der Waals surface area contributed by atoms with Gasteiger partial charge in [0.05, 0.1) is 15.7 Å². The third-order valence-electron chi connectivity index (χ3n) is 2.57. The first-order chi connectivity index (χ1) is 8.10. The third-order valence-corrected chi connectivity index (χ3v) is 3.31. The maximum absolute atomic E-state index is 5.98. The van der Waals surface area contributed by atoms with Crippen molar-refractivity contribution in [3.05, 3.63) is 51.5 Å². The second-order valence-corrected chi connectivity index (χ2v) is 4.67. The van der Waals surface area contributed by atoms with Gasteiger partial charge in [0, 0.05) is 19.3 Å². The molecule has 0 radical (unpaired) electrons. The second-order valence-electron chi connectivity index (χ2n) is 3.86. The largest absolute Gasteiger partial charge is 0.330 e. The first-order valence-corrected chi connectivity index (χ1v) is 6.02. The Hall–Kier alpha value is -1.03. The predicted molar refractivity (Wildman–Crippen MR) is 70.4 cm³/mol. The lowest BCUT2D eigenvalue weighted by molar-refractivity contribution is 0.761. The summed E-state index contributed by atoms with van der Waals surface area (Å²) in [7, 11) is 0. The van der Waals surface area contributed by atoms with Gasteiger partial charge in [0.25, 0.3) is 0 Å². The number of nitrogens with two attached hydrogens (primary N) is 1.